The molecule has 0 aromatic rings. The van der Waals surface area contributed by atoms with Crippen LogP contribution in [0.5, 0.6) is 0 Å². The van der Waals surface area contributed by atoms with E-state index in [4.69, 9.17) is 11.6 Å². The van der Waals surface area contributed by atoms with Crippen molar-refractivity contribution in [1.82, 2.24) is 0 Å². The van der Waals surface area contributed by atoms with Crippen LogP contribution in [0.15, 0.2) is 22.5 Å². The molecule has 4 aliphatic rings. The third-order valence-electron chi connectivity index (χ3n) is 8.87. The number of alkyl halides is 1. The molecular formula is C22H27ClF2O5. The molecule has 0 bridgehead atoms. The molecule has 4 rings (SSSR count). The second-order valence-electron chi connectivity index (χ2n) is 9.99. The van der Waals surface area contributed by atoms with Crippen LogP contribution >= 0.6 is 11.6 Å². The average molecular weight is 445 g/mol. The minimum Gasteiger partial charge on any atom is -0.390 e. The normalized spacial score (nSPS) is 50.6. The summed E-state index contributed by atoms with van der Waals surface area (Å²) in [6.45, 7) is 3.85. The Bertz CT molecular complexity index is 902. The zero-order chi connectivity index (χ0) is 22.4. The van der Waals surface area contributed by atoms with Crippen molar-refractivity contribution in [2.24, 2.45) is 28.6 Å². The Kier molecular flexibility index (Phi) is 4.73. The standard InChI is InChI=1S/C22H27ClF2O5/c1-10-4-11-12-5-15(24)13-6-16(27)14(23)7-19(13,2)21(12,25)17(28)8-20(11,3)22(10,30)18(29)9-26/h7,10-12,17,26,28,30H,4-6,8-9H2,1-3H3/t10-,11?,12?,17+,19+,20+,21+,22+/m1/s1. The molecule has 3 N–H and O–H groups in total. The fourth-order valence-corrected chi connectivity index (χ4v) is 7.57. The Hall–Kier alpha value is -1.15. The number of hydrogen-bond donors (Lipinski definition) is 3. The van der Waals surface area contributed by atoms with Gasteiger partial charge in [0.05, 0.1) is 11.1 Å². The molecule has 0 aliphatic heterocycles. The monoisotopic (exact) mass is 444 g/mol. The molecule has 8 heteroatoms. The zero-order valence-electron chi connectivity index (χ0n) is 17.2. The fraction of sp³-hybridized carbons (Fsp3) is 0.727. The van der Waals surface area contributed by atoms with Crippen molar-refractivity contribution in [2.75, 3.05) is 6.61 Å². The van der Waals surface area contributed by atoms with Gasteiger partial charge in [0.2, 0.25) is 0 Å². The second-order valence-corrected chi connectivity index (χ2v) is 10.4. The molecule has 0 saturated heterocycles. The molecule has 2 saturated carbocycles. The molecule has 0 amide bonds. The molecule has 2 fully saturated rings. The van der Waals surface area contributed by atoms with Crippen LogP contribution in [-0.4, -0.2) is 50.9 Å². The van der Waals surface area contributed by atoms with E-state index in [1.54, 1.807) is 13.8 Å². The summed E-state index contributed by atoms with van der Waals surface area (Å²) in [5.41, 5.74) is -7.12. The molecule has 2 unspecified atom stereocenters. The van der Waals surface area contributed by atoms with Crippen molar-refractivity contribution >= 4 is 23.2 Å². The van der Waals surface area contributed by atoms with E-state index in [9.17, 15) is 24.9 Å². The van der Waals surface area contributed by atoms with E-state index in [-0.39, 0.29) is 36.3 Å². The highest BCUT2D eigenvalue weighted by atomic mass is 35.5. The molecule has 5 nitrogen and oxygen atoms in total. The average Bonchev–Trinajstić information content (AvgIpc) is 2.87. The first-order valence-corrected chi connectivity index (χ1v) is 10.7. The van der Waals surface area contributed by atoms with Crippen LogP contribution in [0.3, 0.4) is 0 Å². The van der Waals surface area contributed by atoms with Crippen LogP contribution in [0.2, 0.25) is 0 Å². The third-order valence-corrected chi connectivity index (χ3v) is 9.19. The van der Waals surface area contributed by atoms with Crippen LogP contribution < -0.4 is 0 Å². The summed E-state index contributed by atoms with van der Waals surface area (Å²) in [4.78, 5) is 24.6. The summed E-state index contributed by atoms with van der Waals surface area (Å²) in [6.07, 6.45) is -1.06. The van der Waals surface area contributed by atoms with Gasteiger partial charge in [0.15, 0.2) is 17.2 Å². The largest absolute Gasteiger partial charge is 0.390 e. The van der Waals surface area contributed by atoms with E-state index < -0.39 is 70.0 Å². The van der Waals surface area contributed by atoms with Crippen molar-refractivity contribution in [3.8, 4) is 0 Å². The van der Waals surface area contributed by atoms with Gasteiger partial charge in [-0.2, -0.15) is 0 Å². The summed E-state index contributed by atoms with van der Waals surface area (Å²) in [5, 5.41) is 31.8. The molecule has 0 aromatic heterocycles. The number of hydrogen-bond acceptors (Lipinski definition) is 5. The number of Topliss-reactive ketones (excluding diaryl/α,β-unsaturated/α-hetero) is 2. The van der Waals surface area contributed by atoms with Gasteiger partial charge in [-0.1, -0.05) is 25.4 Å². The first-order valence-electron chi connectivity index (χ1n) is 10.3. The minimum absolute atomic E-state index is 0.00560. The first kappa shape index (κ1) is 22.1. The van der Waals surface area contributed by atoms with Gasteiger partial charge in [-0.3, -0.25) is 9.59 Å². The number of halogens is 3. The van der Waals surface area contributed by atoms with Crippen molar-refractivity contribution in [3.05, 3.63) is 22.5 Å². The third kappa shape index (κ3) is 2.27. The number of carbonyl (C=O) groups is 2. The number of fused-ring (bicyclic) bond motifs is 5. The van der Waals surface area contributed by atoms with Crippen LogP contribution in [0.1, 0.15) is 46.5 Å². The Morgan fingerprint density at radius 3 is 2.57 bits per heavy atom. The second kappa shape index (κ2) is 6.44. The van der Waals surface area contributed by atoms with E-state index in [0.29, 0.717) is 0 Å². The van der Waals surface area contributed by atoms with Crippen molar-refractivity contribution < 1.29 is 33.7 Å². The topological polar surface area (TPSA) is 94.8 Å². The molecular weight excluding hydrogens is 418 g/mol. The van der Waals surface area contributed by atoms with Crippen LogP contribution in [0, 0.1) is 28.6 Å². The maximum atomic E-state index is 17.0. The van der Waals surface area contributed by atoms with Crippen molar-refractivity contribution in [1.29, 1.82) is 0 Å². The molecule has 0 radical (unpaired) electrons. The maximum absolute atomic E-state index is 17.0. The Morgan fingerprint density at radius 2 is 1.97 bits per heavy atom. The van der Waals surface area contributed by atoms with Gasteiger partial charge in [-0.15, -0.1) is 0 Å². The highest BCUT2D eigenvalue weighted by Crippen LogP contribution is 2.71. The lowest BCUT2D eigenvalue weighted by Gasteiger charge is -2.62. The van der Waals surface area contributed by atoms with Gasteiger partial charge < -0.3 is 15.3 Å². The van der Waals surface area contributed by atoms with Crippen molar-refractivity contribution in [3.63, 3.8) is 0 Å². The number of aliphatic hydroxyl groups is 3. The number of aliphatic hydroxyl groups excluding tert-OH is 2. The summed E-state index contributed by atoms with van der Waals surface area (Å²) in [7, 11) is 0. The van der Waals surface area contributed by atoms with Gasteiger partial charge in [-0.25, -0.2) is 8.78 Å². The van der Waals surface area contributed by atoms with Crippen LogP contribution in [-0.2, 0) is 9.59 Å². The van der Waals surface area contributed by atoms with Gasteiger partial charge in [0.1, 0.15) is 18.0 Å². The lowest BCUT2D eigenvalue weighted by Crippen LogP contribution is -2.69. The lowest BCUT2D eigenvalue weighted by atomic mass is 9.45. The molecule has 166 valence electrons. The smallest absolute Gasteiger partial charge is 0.190 e. The summed E-state index contributed by atoms with van der Waals surface area (Å²) in [5.74, 6) is -4.11. The molecule has 0 aromatic carbocycles. The quantitative estimate of drug-likeness (QED) is 0.608. The predicted octanol–water partition coefficient (Wildman–Crippen LogP) is 2.76. The SMILES string of the molecule is C[C@@H]1CC2C3CC(F)=C4CC(=O)C(Cl)=C[C@]4(C)[C@@]3(F)[C@@H](O)C[C@]2(C)[C@@]1(O)C(=O)CO. The lowest BCUT2D eigenvalue weighted by molar-refractivity contribution is -0.217. The summed E-state index contributed by atoms with van der Waals surface area (Å²) in [6, 6.07) is 0. The minimum atomic E-state index is -2.32. The Balaban J connectivity index is 1.91. The van der Waals surface area contributed by atoms with Crippen LogP contribution in [0.25, 0.3) is 0 Å². The maximum Gasteiger partial charge on any atom is 0.190 e. The van der Waals surface area contributed by atoms with E-state index in [2.05, 4.69) is 0 Å². The predicted molar refractivity (Wildman–Crippen MR) is 105 cm³/mol. The first-order chi connectivity index (χ1) is 13.8. The van der Waals surface area contributed by atoms with Crippen LogP contribution in [0.4, 0.5) is 8.78 Å². The zero-order valence-corrected chi connectivity index (χ0v) is 18.0. The Morgan fingerprint density at radius 1 is 1.33 bits per heavy atom. The highest BCUT2D eigenvalue weighted by molar-refractivity contribution is 6.43. The molecule has 0 spiro atoms. The molecule has 0 heterocycles. The van der Waals surface area contributed by atoms with E-state index in [1.807, 2.05) is 0 Å². The van der Waals surface area contributed by atoms with Gasteiger partial charge >= 0.3 is 0 Å². The number of allylic oxidation sites excluding steroid dienone is 4. The van der Waals surface area contributed by atoms with Gasteiger partial charge in [0.25, 0.3) is 0 Å². The number of rotatable bonds is 2. The molecule has 30 heavy (non-hydrogen) atoms. The van der Waals surface area contributed by atoms with Gasteiger partial charge in [-0.05, 0) is 43.3 Å². The number of ketones is 2. The number of carbonyl (C=O) groups excluding carboxylic acids is 2. The Labute approximate surface area is 178 Å². The molecule has 8 atom stereocenters. The van der Waals surface area contributed by atoms with E-state index >= 15 is 8.78 Å². The molecule has 4 aliphatic carbocycles. The fourth-order valence-electron chi connectivity index (χ4n) is 7.28. The van der Waals surface area contributed by atoms with Crippen molar-refractivity contribution in [2.45, 2.75) is 63.8 Å². The van der Waals surface area contributed by atoms with Gasteiger partial charge in [0, 0.05) is 29.6 Å². The highest BCUT2D eigenvalue weighted by Gasteiger charge is 2.76. The summed E-state index contributed by atoms with van der Waals surface area (Å²) >= 11 is 6.04. The van der Waals surface area contributed by atoms with E-state index in [0.717, 1.165) is 0 Å². The van der Waals surface area contributed by atoms with E-state index in [1.165, 1.54) is 13.0 Å². The summed E-state index contributed by atoms with van der Waals surface area (Å²) < 4.78 is 32.3.